The normalized spacial score (nSPS) is 15.1. The molecule has 0 saturated heterocycles. The molecular weight excluding hydrogens is 246 g/mol. The van der Waals surface area contributed by atoms with E-state index in [0.29, 0.717) is 11.4 Å². The second-order valence-corrected chi connectivity index (χ2v) is 5.95. The number of ketones is 1. The molecule has 0 unspecified atom stereocenters. The Balaban J connectivity index is 2.62. The van der Waals surface area contributed by atoms with Crippen LogP contribution in [0.5, 0.6) is 0 Å². The van der Waals surface area contributed by atoms with E-state index in [4.69, 9.17) is 18.0 Å². The number of nitrogens with two attached hydrogens (primary N) is 1. The molecule has 15 heavy (non-hydrogen) atoms. The lowest BCUT2D eigenvalue weighted by molar-refractivity contribution is 0.0970. The third-order valence-corrected chi connectivity index (χ3v) is 5.21. The molecule has 1 aliphatic rings. The summed E-state index contributed by atoms with van der Waals surface area (Å²) in [5.41, 5.74) is 7.65. The minimum Gasteiger partial charge on any atom is -0.389 e. The molecule has 1 aromatic rings. The number of carbonyl (C=O) groups excluding carboxylic acids is 1. The van der Waals surface area contributed by atoms with Crippen LogP contribution < -0.4 is 5.73 Å². The summed E-state index contributed by atoms with van der Waals surface area (Å²) in [6.07, 6.45) is 4.50. The quantitative estimate of drug-likeness (QED) is 0.653. The molecule has 2 N–H and O–H groups in total. The van der Waals surface area contributed by atoms with E-state index in [0.717, 1.165) is 33.1 Å². The lowest BCUT2D eigenvalue weighted by Crippen LogP contribution is -2.15. The van der Waals surface area contributed by atoms with Crippen LogP contribution in [0.15, 0.2) is 4.21 Å². The summed E-state index contributed by atoms with van der Waals surface area (Å²) in [6, 6.07) is 0. The van der Waals surface area contributed by atoms with Gasteiger partial charge >= 0.3 is 0 Å². The Labute approximate surface area is 102 Å². The zero-order chi connectivity index (χ0) is 11.0. The standard InChI is InChI=1S/C10H11NOS3/c1-14-10-7-5(3-2-4-6(7)12)8(15-10)9(11)13/h2-4H2,1H3,(H2,11,13). The molecular formula is C10H11NOS3. The van der Waals surface area contributed by atoms with E-state index >= 15 is 0 Å². The number of thioether (sulfide) groups is 1. The molecule has 1 aliphatic carbocycles. The summed E-state index contributed by atoms with van der Waals surface area (Å²) in [5, 5.41) is 0. The smallest absolute Gasteiger partial charge is 0.165 e. The maximum absolute atomic E-state index is 11.8. The van der Waals surface area contributed by atoms with Crippen LogP contribution in [0.1, 0.15) is 33.6 Å². The second-order valence-electron chi connectivity index (χ2n) is 3.42. The van der Waals surface area contributed by atoms with Gasteiger partial charge in [-0.1, -0.05) is 12.2 Å². The average Bonchev–Trinajstić information content (AvgIpc) is 2.58. The minimum absolute atomic E-state index is 0.249. The lowest BCUT2D eigenvalue weighted by atomic mass is 9.93. The predicted molar refractivity (Wildman–Crippen MR) is 69.3 cm³/mol. The van der Waals surface area contributed by atoms with Crippen molar-refractivity contribution in [1.82, 2.24) is 0 Å². The largest absolute Gasteiger partial charge is 0.389 e. The van der Waals surface area contributed by atoms with Gasteiger partial charge in [-0.2, -0.15) is 0 Å². The molecule has 80 valence electrons. The predicted octanol–water partition coefficient (Wildman–Crippen LogP) is 2.62. The molecule has 0 radical (unpaired) electrons. The fourth-order valence-electron chi connectivity index (χ4n) is 1.86. The molecule has 2 rings (SSSR count). The molecule has 0 amide bonds. The Bertz CT molecular complexity index is 436. The number of hydrogen-bond acceptors (Lipinski definition) is 4. The van der Waals surface area contributed by atoms with Gasteiger partial charge in [0.05, 0.1) is 9.09 Å². The van der Waals surface area contributed by atoms with Gasteiger partial charge in [0.1, 0.15) is 4.99 Å². The van der Waals surface area contributed by atoms with Crippen molar-refractivity contribution >= 4 is 46.1 Å². The van der Waals surface area contributed by atoms with E-state index in [1.165, 1.54) is 0 Å². The average molecular weight is 257 g/mol. The summed E-state index contributed by atoms with van der Waals surface area (Å²) in [5.74, 6) is 0.249. The molecule has 1 aromatic heterocycles. The van der Waals surface area contributed by atoms with Crippen molar-refractivity contribution in [1.29, 1.82) is 0 Å². The summed E-state index contributed by atoms with van der Waals surface area (Å²) >= 11 is 8.19. The fourth-order valence-corrected chi connectivity index (χ4v) is 4.08. The van der Waals surface area contributed by atoms with Gasteiger partial charge in [0, 0.05) is 12.0 Å². The highest BCUT2D eigenvalue weighted by Gasteiger charge is 2.26. The first-order valence-corrected chi connectivity index (χ1v) is 7.12. The van der Waals surface area contributed by atoms with Gasteiger partial charge in [-0.15, -0.1) is 23.1 Å². The topological polar surface area (TPSA) is 43.1 Å². The molecule has 5 heteroatoms. The van der Waals surface area contributed by atoms with Gasteiger partial charge in [0.25, 0.3) is 0 Å². The molecule has 0 aliphatic heterocycles. The van der Waals surface area contributed by atoms with Crippen LogP contribution in [0.3, 0.4) is 0 Å². The monoisotopic (exact) mass is 257 g/mol. The van der Waals surface area contributed by atoms with Crippen LogP contribution in [0.25, 0.3) is 0 Å². The van der Waals surface area contributed by atoms with Gasteiger partial charge in [-0.3, -0.25) is 4.79 Å². The molecule has 1 heterocycles. The fraction of sp³-hybridized carbons (Fsp3) is 0.400. The van der Waals surface area contributed by atoms with Crippen molar-refractivity contribution in [2.24, 2.45) is 5.73 Å². The first-order chi connectivity index (χ1) is 7.15. The molecule has 2 nitrogen and oxygen atoms in total. The third kappa shape index (κ3) is 1.84. The number of rotatable bonds is 2. The lowest BCUT2D eigenvalue weighted by Gasteiger charge is -2.12. The van der Waals surface area contributed by atoms with Crippen LogP contribution in [0.2, 0.25) is 0 Å². The molecule has 0 saturated carbocycles. The molecule has 0 fully saturated rings. The highest BCUT2D eigenvalue weighted by Crippen LogP contribution is 2.39. The Morgan fingerprint density at radius 3 is 2.87 bits per heavy atom. The second kappa shape index (κ2) is 4.23. The SMILES string of the molecule is CSc1sc(C(N)=S)c2c1C(=O)CCC2. The van der Waals surface area contributed by atoms with Crippen LogP contribution in [-0.2, 0) is 6.42 Å². The maximum Gasteiger partial charge on any atom is 0.165 e. The highest BCUT2D eigenvalue weighted by molar-refractivity contribution is 8.00. The van der Waals surface area contributed by atoms with Gasteiger partial charge in [0.2, 0.25) is 0 Å². The molecule has 0 aromatic carbocycles. The van der Waals surface area contributed by atoms with Crippen molar-refractivity contribution < 1.29 is 4.79 Å². The Kier molecular flexibility index (Phi) is 3.13. The molecule has 0 atom stereocenters. The number of thiophene rings is 1. The van der Waals surface area contributed by atoms with E-state index in [-0.39, 0.29) is 5.78 Å². The zero-order valence-electron chi connectivity index (χ0n) is 8.33. The number of carbonyl (C=O) groups is 1. The van der Waals surface area contributed by atoms with Gasteiger partial charge in [-0.05, 0) is 24.7 Å². The Morgan fingerprint density at radius 2 is 2.27 bits per heavy atom. The number of thiocarbonyl (C=S) groups is 1. The van der Waals surface area contributed by atoms with E-state index < -0.39 is 0 Å². The number of fused-ring (bicyclic) bond motifs is 1. The molecule has 0 bridgehead atoms. The van der Waals surface area contributed by atoms with Crippen LogP contribution >= 0.6 is 35.3 Å². The summed E-state index contributed by atoms with van der Waals surface area (Å²) in [7, 11) is 0. The summed E-state index contributed by atoms with van der Waals surface area (Å²) in [6.45, 7) is 0. The Morgan fingerprint density at radius 1 is 1.53 bits per heavy atom. The van der Waals surface area contributed by atoms with Crippen LogP contribution in [-0.4, -0.2) is 17.0 Å². The Hall–Kier alpha value is -0.390. The van der Waals surface area contributed by atoms with Gasteiger partial charge in [-0.25, -0.2) is 0 Å². The van der Waals surface area contributed by atoms with Crippen molar-refractivity contribution in [3.05, 3.63) is 16.0 Å². The maximum atomic E-state index is 11.8. The van der Waals surface area contributed by atoms with Crippen molar-refractivity contribution in [2.75, 3.05) is 6.26 Å². The van der Waals surface area contributed by atoms with Crippen molar-refractivity contribution in [3.63, 3.8) is 0 Å². The van der Waals surface area contributed by atoms with Crippen LogP contribution in [0, 0.1) is 0 Å². The van der Waals surface area contributed by atoms with E-state index in [2.05, 4.69) is 0 Å². The summed E-state index contributed by atoms with van der Waals surface area (Å²) in [4.78, 5) is 13.2. The van der Waals surface area contributed by atoms with Crippen molar-refractivity contribution in [2.45, 2.75) is 23.5 Å². The first kappa shape index (κ1) is 11.1. The third-order valence-electron chi connectivity index (χ3n) is 2.49. The van der Waals surface area contributed by atoms with Gasteiger partial charge in [0.15, 0.2) is 5.78 Å². The number of Topliss-reactive ketones (excluding diaryl/α,β-unsaturated/α-hetero) is 1. The first-order valence-electron chi connectivity index (χ1n) is 4.67. The zero-order valence-corrected chi connectivity index (χ0v) is 10.8. The summed E-state index contributed by atoms with van der Waals surface area (Å²) < 4.78 is 1.07. The van der Waals surface area contributed by atoms with Crippen LogP contribution in [0.4, 0.5) is 0 Å². The van der Waals surface area contributed by atoms with Crippen molar-refractivity contribution in [3.8, 4) is 0 Å². The highest BCUT2D eigenvalue weighted by atomic mass is 32.2. The van der Waals surface area contributed by atoms with E-state index in [1.54, 1.807) is 23.1 Å². The van der Waals surface area contributed by atoms with E-state index in [1.807, 2.05) is 6.26 Å². The van der Waals surface area contributed by atoms with E-state index in [9.17, 15) is 4.79 Å². The van der Waals surface area contributed by atoms with Gasteiger partial charge < -0.3 is 5.73 Å². The molecule has 0 spiro atoms. The minimum atomic E-state index is 0.249. The number of hydrogen-bond donors (Lipinski definition) is 1.